The number of allylic oxidation sites excluding steroid dienone is 1. The van der Waals surface area contributed by atoms with Gasteiger partial charge in [-0.3, -0.25) is 0 Å². The number of nitrogens with one attached hydrogen (secondary N) is 1. The van der Waals surface area contributed by atoms with Crippen LogP contribution in [0.25, 0.3) is 0 Å². The Bertz CT molecular complexity index is 259. The van der Waals surface area contributed by atoms with Crippen molar-refractivity contribution in [1.29, 1.82) is 0 Å². The number of nitrogens with zero attached hydrogens (tertiary/aromatic N) is 1. The van der Waals surface area contributed by atoms with E-state index in [4.69, 9.17) is 4.74 Å². The van der Waals surface area contributed by atoms with E-state index in [0.717, 1.165) is 38.2 Å². The van der Waals surface area contributed by atoms with Crippen molar-refractivity contribution in [1.82, 2.24) is 10.2 Å². The SMILES string of the molecule is CCCNC(C1=CCCCO1)C(C)(C)N(C)C. The molecule has 3 heteroatoms. The molecule has 1 rings (SSSR count). The van der Waals surface area contributed by atoms with Crippen molar-refractivity contribution < 1.29 is 4.74 Å². The predicted octanol–water partition coefficient (Wildman–Crippen LogP) is 2.39. The number of hydrogen-bond acceptors (Lipinski definition) is 3. The number of hydrogen-bond donors (Lipinski definition) is 1. The van der Waals surface area contributed by atoms with Crippen molar-refractivity contribution in [3.63, 3.8) is 0 Å². The first kappa shape index (κ1) is 14.5. The molecule has 0 radical (unpaired) electrons. The van der Waals surface area contributed by atoms with Crippen molar-refractivity contribution in [3.05, 3.63) is 11.8 Å². The highest BCUT2D eigenvalue weighted by atomic mass is 16.5. The lowest BCUT2D eigenvalue weighted by molar-refractivity contribution is 0.0916. The van der Waals surface area contributed by atoms with E-state index in [1.807, 2.05) is 0 Å². The van der Waals surface area contributed by atoms with Crippen molar-refractivity contribution in [2.24, 2.45) is 0 Å². The molecule has 1 unspecified atom stereocenters. The summed E-state index contributed by atoms with van der Waals surface area (Å²) in [6.07, 6.45) is 5.69. The average Bonchev–Trinajstić information content (AvgIpc) is 2.30. The Hall–Kier alpha value is -0.540. The number of ether oxygens (including phenoxy) is 1. The van der Waals surface area contributed by atoms with Crippen LogP contribution in [0.1, 0.15) is 40.0 Å². The maximum Gasteiger partial charge on any atom is 0.111 e. The summed E-state index contributed by atoms with van der Waals surface area (Å²) in [5, 5.41) is 3.63. The van der Waals surface area contributed by atoms with E-state index < -0.39 is 0 Å². The minimum absolute atomic E-state index is 0.0539. The van der Waals surface area contributed by atoms with Gasteiger partial charge in [-0.05, 0) is 59.8 Å². The standard InChI is InChI=1S/C14H28N2O/c1-6-10-15-13(14(2,3)16(4)5)12-9-7-8-11-17-12/h9,13,15H,6-8,10-11H2,1-5H3. The van der Waals surface area contributed by atoms with Crippen LogP contribution in [0.15, 0.2) is 11.8 Å². The lowest BCUT2D eigenvalue weighted by atomic mass is 9.90. The molecular formula is C14H28N2O. The zero-order chi connectivity index (χ0) is 12.9. The summed E-state index contributed by atoms with van der Waals surface area (Å²) in [6.45, 7) is 8.61. The van der Waals surface area contributed by atoms with Gasteiger partial charge in [0.15, 0.2) is 0 Å². The summed E-state index contributed by atoms with van der Waals surface area (Å²) < 4.78 is 5.85. The molecular weight excluding hydrogens is 212 g/mol. The van der Waals surface area contributed by atoms with Crippen LogP contribution in [0.5, 0.6) is 0 Å². The molecule has 0 aromatic rings. The molecule has 1 atom stereocenters. The van der Waals surface area contributed by atoms with Crippen molar-refractivity contribution in [2.75, 3.05) is 27.2 Å². The molecule has 0 saturated heterocycles. The average molecular weight is 240 g/mol. The van der Waals surface area contributed by atoms with E-state index in [9.17, 15) is 0 Å². The zero-order valence-corrected chi connectivity index (χ0v) is 12.0. The van der Waals surface area contributed by atoms with Crippen LogP contribution < -0.4 is 5.32 Å². The Morgan fingerprint density at radius 1 is 1.47 bits per heavy atom. The Kier molecular flexibility index (Phi) is 5.47. The third-order valence-corrected chi connectivity index (χ3v) is 3.70. The molecule has 0 aliphatic carbocycles. The van der Waals surface area contributed by atoms with Gasteiger partial charge in [0.2, 0.25) is 0 Å². The van der Waals surface area contributed by atoms with Crippen LogP contribution >= 0.6 is 0 Å². The molecule has 1 aliphatic rings. The van der Waals surface area contributed by atoms with E-state index in [-0.39, 0.29) is 11.6 Å². The molecule has 1 aliphatic heterocycles. The van der Waals surface area contributed by atoms with Crippen molar-refractivity contribution in [3.8, 4) is 0 Å². The van der Waals surface area contributed by atoms with Crippen LogP contribution in [0.2, 0.25) is 0 Å². The van der Waals surface area contributed by atoms with Crippen molar-refractivity contribution in [2.45, 2.75) is 51.6 Å². The maximum atomic E-state index is 5.85. The van der Waals surface area contributed by atoms with E-state index in [0.29, 0.717) is 0 Å². The van der Waals surface area contributed by atoms with E-state index >= 15 is 0 Å². The fraction of sp³-hybridized carbons (Fsp3) is 0.857. The van der Waals surface area contributed by atoms with Crippen LogP contribution in [-0.4, -0.2) is 43.7 Å². The first-order valence-electron chi connectivity index (χ1n) is 6.73. The largest absolute Gasteiger partial charge is 0.497 e. The summed E-state index contributed by atoms with van der Waals surface area (Å²) in [4.78, 5) is 2.26. The number of likely N-dealkylation sites (N-methyl/N-ethyl adjacent to an activating group) is 1. The van der Waals surface area contributed by atoms with E-state index in [2.05, 4.69) is 51.2 Å². The summed E-state index contributed by atoms with van der Waals surface area (Å²) >= 11 is 0. The van der Waals surface area contributed by atoms with Gasteiger partial charge >= 0.3 is 0 Å². The molecule has 0 fully saturated rings. The highest BCUT2D eigenvalue weighted by molar-refractivity contribution is 5.13. The van der Waals surface area contributed by atoms with E-state index in [1.165, 1.54) is 0 Å². The highest BCUT2D eigenvalue weighted by Gasteiger charge is 2.35. The molecule has 3 nitrogen and oxygen atoms in total. The highest BCUT2D eigenvalue weighted by Crippen LogP contribution is 2.25. The van der Waals surface area contributed by atoms with Crippen LogP contribution in [0, 0.1) is 0 Å². The lowest BCUT2D eigenvalue weighted by Crippen LogP contribution is -2.56. The Morgan fingerprint density at radius 3 is 2.65 bits per heavy atom. The predicted molar refractivity (Wildman–Crippen MR) is 73.1 cm³/mol. The first-order chi connectivity index (χ1) is 8.00. The molecule has 1 heterocycles. The van der Waals surface area contributed by atoms with Gasteiger partial charge in [-0.1, -0.05) is 6.92 Å². The number of rotatable bonds is 6. The summed E-state index contributed by atoms with van der Waals surface area (Å²) in [6, 6.07) is 0.276. The normalized spacial score (nSPS) is 18.8. The van der Waals surface area contributed by atoms with Gasteiger partial charge in [0, 0.05) is 5.54 Å². The smallest absolute Gasteiger partial charge is 0.111 e. The topological polar surface area (TPSA) is 24.5 Å². The molecule has 100 valence electrons. The molecule has 0 aromatic heterocycles. The van der Waals surface area contributed by atoms with Crippen LogP contribution in [0.4, 0.5) is 0 Å². The van der Waals surface area contributed by atoms with Gasteiger partial charge in [0.25, 0.3) is 0 Å². The first-order valence-corrected chi connectivity index (χ1v) is 6.73. The monoisotopic (exact) mass is 240 g/mol. The van der Waals surface area contributed by atoms with Gasteiger partial charge in [-0.15, -0.1) is 0 Å². The fourth-order valence-electron chi connectivity index (χ4n) is 2.02. The Morgan fingerprint density at radius 2 is 2.18 bits per heavy atom. The second kappa shape index (κ2) is 6.41. The van der Waals surface area contributed by atoms with Gasteiger partial charge in [0.1, 0.15) is 5.76 Å². The second-order valence-corrected chi connectivity index (χ2v) is 5.53. The lowest BCUT2D eigenvalue weighted by Gasteiger charge is -2.42. The second-order valence-electron chi connectivity index (χ2n) is 5.53. The van der Waals surface area contributed by atoms with Gasteiger partial charge in [0.05, 0.1) is 12.6 Å². The minimum atomic E-state index is 0.0539. The minimum Gasteiger partial charge on any atom is -0.497 e. The molecule has 0 spiro atoms. The maximum absolute atomic E-state index is 5.85. The molecule has 0 amide bonds. The zero-order valence-electron chi connectivity index (χ0n) is 12.0. The van der Waals surface area contributed by atoms with Crippen LogP contribution in [-0.2, 0) is 4.74 Å². The molecule has 0 aromatic carbocycles. The van der Waals surface area contributed by atoms with Gasteiger partial charge < -0.3 is 15.0 Å². The quantitative estimate of drug-likeness (QED) is 0.771. The molecule has 1 N–H and O–H groups in total. The summed E-state index contributed by atoms with van der Waals surface area (Å²) in [5.41, 5.74) is 0.0539. The summed E-state index contributed by atoms with van der Waals surface area (Å²) in [5.74, 6) is 1.13. The molecule has 0 saturated carbocycles. The van der Waals surface area contributed by atoms with Crippen LogP contribution in [0.3, 0.4) is 0 Å². The Labute approximate surface area is 106 Å². The molecule has 17 heavy (non-hydrogen) atoms. The fourth-order valence-corrected chi connectivity index (χ4v) is 2.02. The van der Waals surface area contributed by atoms with Gasteiger partial charge in [-0.25, -0.2) is 0 Å². The van der Waals surface area contributed by atoms with Gasteiger partial charge in [-0.2, -0.15) is 0 Å². The Balaban J connectivity index is 2.82. The third-order valence-electron chi connectivity index (χ3n) is 3.70. The van der Waals surface area contributed by atoms with E-state index in [1.54, 1.807) is 0 Å². The summed E-state index contributed by atoms with van der Waals surface area (Å²) in [7, 11) is 4.26. The van der Waals surface area contributed by atoms with Crippen molar-refractivity contribution >= 4 is 0 Å². The third kappa shape index (κ3) is 3.71. The molecule has 0 bridgehead atoms.